The first-order chi connectivity index (χ1) is 6.79. The maximum absolute atomic E-state index is 2.42. The van der Waals surface area contributed by atoms with Gasteiger partial charge in [0.2, 0.25) is 0 Å². The molecule has 1 unspecified atom stereocenters. The quantitative estimate of drug-likeness (QED) is 0.611. The fourth-order valence-electron chi connectivity index (χ4n) is 2.24. The minimum Gasteiger partial charge on any atom is -0.295 e. The zero-order valence-corrected chi connectivity index (χ0v) is 8.90. The zero-order valence-electron chi connectivity index (χ0n) is 8.90. The lowest BCUT2D eigenvalue weighted by Gasteiger charge is -2.32. The van der Waals surface area contributed by atoms with E-state index < -0.39 is 0 Å². The van der Waals surface area contributed by atoms with Gasteiger partial charge in [0.1, 0.15) is 0 Å². The predicted molar refractivity (Wildman–Crippen MR) is 60.2 cm³/mol. The molecule has 0 saturated carbocycles. The van der Waals surface area contributed by atoms with Crippen LogP contribution >= 0.6 is 0 Å². The molecule has 1 nitrogen and oxygen atoms in total. The van der Waals surface area contributed by atoms with E-state index >= 15 is 0 Å². The summed E-state index contributed by atoms with van der Waals surface area (Å²) in [5.74, 6) is 0. The van der Waals surface area contributed by atoms with E-state index in [1.807, 2.05) is 0 Å². The van der Waals surface area contributed by atoms with Crippen molar-refractivity contribution in [2.24, 2.45) is 0 Å². The molecule has 2 rings (SSSR count). The molecule has 1 aliphatic heterocycles. The summed E-state index contributed by atoms with van der Waals surface area (Å²) >= 11 is 0. The summed E-state index contributed by atoms with van der Waals surface area (Å²) in [7, 11) is 2.20. The van der Waals surface area contributed by atoms with Gasteiger partial charge in [-0.1, -0.05) is 42.0 Å². The van der Waals surface area contributed by atoms with E-state index in [2.05, 4.69) is 55.3 Å². The summed E-state index contributed by atoms with van der Waals surface area (Å²) in [6.45, 7) is 3.39. The molecule has 1 aromatic rings. The van der Waals surface area contributed by atoms with Gasteiger partial charge in [0.25, 0.3) is 0 Å². The van der Waals surface area contributed by atoms with Gasteiger partial charge < -0.3 is 0 Å². The number of nitrogens with zero attached hydrogens (tertiary/aromatic N) is 1. The largest absolute Gasteiger partial charge is 0.295 e. The van der Waals surface area contributed by atoms with Crippen LogP contribution in [0.4, 0.5) is 0 Å². The lowest BCUT2D eigenvalue weighted by atomic mass is 9.95. The molecular weight excluding hydrogens is 170 g/mol. The molecule has 0 saturated heterocycles. The lowest BCUT2D eigenvalue weighted by Crippen LogP contribution is -2.29. The number of rotatable bonds is 1. The number of hydrogen-bond acceptors (Lipinski definition) is 1. The molecule has 0 amide bonds. The van der Waals surface area contributed by atoms with Gasteiger partial charge in [-0.2, -0.15) is 0 Å². The summed E-state index contributed by atoms with van der Waals surface area (Å²) in [6.07, 6.45) is 3.54. The van der Waals surface area contributed by atoms with Crippen molar-refractivity contribution in [3.05, 3.63) is 47.5 Å². The van der Waals surface area contributed by atoms with Crippen LogP contribution in [0.1, 0.15) is 24.9 Å². The van der Waals surface area contributed by atoms with Crippen LogP contribution in [0.15, 0.2) is 42.0 Å². The van der Waals surface area contributed by atoms with E-state index in [1.54, 1.807) is 0 Å². The second kappa shape index (κ2) is 3.97. The summed E-state index contributed by atoms with van der Waals surface area (Å²) in [5, 5.41) is 0. The van der Waals surface area contributed by atoms with Gasteiger partial charge in [0.05, 0.1) is 6.04 Å². The fraction of sp³-hybridized carbons (Fsp3) is 0.385. The Morgan fingerprint density at radius 1 is 1.21 bits per heavy atom. The third kappa shape index (κ3) is 1.73. The van der Waals surface area contributed by atoms with Crippen molar-refractivity contribution in [1.82, 2.24) is 4.90 Å². The van der Waals surface area contributed by atoms with Crippen LogP contribution in [0.5, 0.6) is 0 Å². The van der Waals surface area contributed by atoms with E-state index in [-0.39, 0.29) is 0 Å². The van der Waals surface area contributed by atoms with Crippen LogP contribution < -0.4 is 0 Å². The highest BCUT2D eigenvalue weighted by atomic mass is 15.1. The van der Waals surface area contributed by atoms with Crippen LogP contribution in [0.25, 0.3) is 0 Å². The first-order valence-corrected chi connectivity index (χ1v) is 5.21. The second-order valence-corrected chi connectivity index (χ2v) is 4.03. The molecule has 1 atom stereocenters. The molecule has 1 aromatic carbocycles. The topological polar surface area (TPSA) is 3.24 Å². The predicted octanol–water partition coefficient (Wildman–Crippen LogP) is 3.01. The highest BCUT2D eigenvalue weighted by Gasteiger charge is 2.20. The molecule has 1 heteroatoms. The third-order valence-corrected chi connectivity index (χ3v) is 2.94. The number of benzene rings is 1. The molecule has 0 bridgehead atoms. The Kier molecular flexibility index (Phi) is 2.69. The van der Waals surface area contributed by atoms with Gasteiger partial charge in [0.15, 0.2) is 0 Å². The molecule has 1 aliphatic rings. The molecule has 0 spiro atoms. The van der Waals surface area contributed by atoms with Crippen LogP contribution in [-0.4, -0.2) is 18.5 Å². The summed E-state index contributed by atoms with van der Waals surface area (Å²) in [4.78, 5) is 2.42. The van der Waals surface area contributed by atoms with Crippen LogP contribution in [0.2, 0.25) is 0 Å². The third-order valence-electron chi connectivity index (χ3n) is 2.94. The van der Waals surface area contributed by atoms with E-state index in [0.29, 0.717) is 6.04 Å². The molecule has 0 aliphatic carbocycles. The Bertz CT molecular complexity index is 326. The van der Waals surface area contributed by atoms with Crippen LogP contribution in [-0.2, 0) is 0 Å². The van der Waals surface area contributed by atoms with Crippen molar-refractivity contribution < 1.29 is 0 Å². The Hall–Kier alpha value is -1.08. The van der Waals surface area contributed by atoms with Gasteiger partial charge >= 0.3 is 0 Å². The molecule has 1 heterocycles. The number of likely N-dealkylation sites (N-methyl/N-ethyl adjacent to an activating group) is 1. The second-order valence-electron chi connectivity index (χ2n) is 4.03. The average molecular weight is 187 g/mol. The van der Waals surface area contributed by atoms with E-state index in [1.165, 1.54) is 17.6 Å². The SMILES string of the molecule is CC1=CCCN(C)C1c1ccccc1. The minimum absolute atomic E-state index is 0.491. The highest BCUT2D eigenvalue weighted by Crippen LogP contribution is 2.30. The molecule has 0 radical (unpaired) electrons. The highest BCUT2D eigenvalue weighted by molar-refractivity contribution is 5.28. The van der Waals surface area contributed by atoms with E-state index in [4.69, 9.17) is 0 Å². The van der Waals surface area contributed by atoms with E-state index in [9.17, 15) is 0 Å². The smallest absolute Gasteiger partial charge is 0.0556 e. The lowest BCUT2D eigenvalue weighted by molar-refractivity contribution is 0.266. The van der Waals surface area contributed by atoms with Crippen molar-refractivity contribution in [3.63, 3.8) is 0 Å². The Morgan fingerprint density at radius 3 is 2.57 bits per heavy atom. The normalized spacial score (nSPS) is 23.3. The van der Waals surface area contributed by atoms with Crippen molar-refractivity contribution in [3.8, 4) is 0 Å². The van der Waals surface area contributed by atoms with Gasteiger partial charge in [-0.05, 0) is 26.0 Å². The van der Waals surface area contributed by atoms with Crippen molar-refractivity contribution >= 4 is 0 Å². The van der Waals surface area contributed by atoms with Crippen LogP contribution in [0.3, 0.4) is 0 Å². The number of hydrogen-bond donors (Lipinski definition) is 0. The fourth-order valence-corrected chi connectivity index (χ4v) is 2.24. The first kappa shape index (κ1) is 9.47. The standard InChI is InChI=1S/C13H17N/c1-11-7-6-10-14(2)13(11)12-8-4-3-5-9-12/h3-5,7-9,13H,6,10H2,1-2H3. The van der Waals surface area contributed by atoms with Gasteiger partial charge in [-0.25, -0.2) is 0 Å². The van der Waals surface area contributed by atoms with Gasteiger partial charge in [-0.3, -0.25) is 4.90 Å². The summed E-state index contributed by atoms with van der Waals surface area (Å²) < 4.78 is 0. The molecule has 0 N–H and O–H groups in total. The summed E-state index contributed by atoms with van der Waals surface area (Å²) in [6, 6.07) is 11.2. The zero-order chi connectivity index (χ0) is 9.97. The maximum Gasteiger partial charge on any atom is 0.0556 e. The molecule has 14 heavy (non-hydrogen) atoms. The molecule has 0 aromatic heterocycles. The summed E-state index contributed by atoms with van der Waals surface area (Å²) in [5.41, 5.74) is 2.88. The van der Waals surface area contributed by atoms with Crippen molar-refractivity contribution in [2.75, 3.05) is 13.6 Å². The maximum atomic E-state index is 2.42. The van der Waals surface area contributed by atoms with Crippen LogP contribution in [0, 0.1) is 0 Å². The van der Waals surface area contributed by atoms with Crippen molar-refractivity contribution in [1.29, 1.82) is 0 Å². The first-order valence-electron chi connectivity index (χ1n) is 5.21. The Labute approximate surface area is 86.1 Å². The monoisotopic (exact) mass is 187 g/mol. The van der Waals surface area contributed by atoms with Gasteiger partial charge in [-0.15, -0.1) is 0 Å². The van der Waals surface area contributed by atoms with E-state index in [0.717, 1.165) is 6.54 Å². The minimum atomic E-state index is 0.491. The average Bonchev–Trinajstić information content (AvgIpc) is 2.19. The Morgan fingerprint density at radius 2 is 1.93 bits per heavy atom. The van der Waals surface area contributed by atoms with Crippen molar-refractivity contribution in [2.45, 2.75) is 19.4 Å². The molecule has 74 valence electrons. The molecular formula is C13H17N. The van der Waals surface area contributed by atoms with Gasteiger partial charge in [0, 0.05) is 6.54 Å². The Balaban J connectivity index is 2.32. The molecule has 0 fully saturated rings.